The normalized spacial score (nSPS) is 10.8. The van der Waals surface area contributed by atoms with Crippen LogP contribution in [0.3, 0.4) is 0 Å². The number of ether oxygens (including phenoxy) is 1. The molecular formula is C14H11ClN2O3S. The standard InChI is InChI=1S/C14H11ClN2O3S/c1-19-11-5-4-10(15)7-9(11)8-17-14(18)20-13(16-17)12-3-2-6-21-12/h2-7H,8H2,1H3. The zero-order valence-corrected chi connectivity index (χ0v) is 12.6. The summed E-state index contributed by atoms with van der Waals surface area (Å²) in [6, 6.07) is 8.95. The highest BCUT2D eigenvalue weighted by molar-refractivity contribution is 7.13. The molecule has 5 nitrogen and oxygen atoms in total. The highest BCUT2D eigenvalue weighted by Crippen LogP contribution is 2.24. The predicted molar refractivity (Wildman–Crippen MR) is 81.2 cm³/mol. The van der Waals surface area contributed by atoms with Crippen molar-refractivity contribution in [1.29, 1.82) is 0 Å². The number of hydrogen-bond acceptors (Lipinski definition) is 5. The van der Waals surface area contributed by atoms with Crippen LogP contribution in [0.1, 0.15) is 5.56 Å². The van der Waals surface area contributed by atoms with E-state index in [9.17, 15) is 4.79 Å². The van der Waals surface area contributed by atoms with Crippen LogP contribution in [0.25, 0.3) is 10.8 Å². The Kier molecular flexibility index (Phi) is 3.81. The molecule has 0 saturated heterocycles. The summed E-state index contributed by atoms with van der Waals surface area (Å²) in [6.45, 7) is 0.234. The van der Waals surface area contributed by atoms with Crippen LogP contribution in [0.15, 0.2) is 44.9 Å². The van der Waals surface area contributed by atoms with Crippen molar-refractivity contribution in [2.24, 2.45) is 0 Å². The summed E-state index contributed by atoms with van der Waals surface area (Å²) < 4.78 is 11.7. The average molecular weight is 323 g/mol. The van der Waals surface area contributed by atoms with Crippen molar-refractivity contribution >= 4 is 22.9 Å². The number of nitrogens with zero attached hydrogens (tertiary/aromatic N) is 2. The van der Waals surface area contributed by atoms with E-state index in [0.717, 1.165) is 10.4 Å². The molecule has 3 aromatic rings. The molecule has 0 atom stereocenters. The Morgan fingerprint density at radius 3 is 3.00 bits per heavy atom. The number of methoxy groups -OCH3 is 1. The number of rotatable bonds is 4. The van der Waals surface area contributed by atoms with Crippen LogP contribution in [-0.2, 0) is 6.54 Å². The van der Waals surface area contributed by atoms with Gasteiger partial charge in [-0.15, -0.1) is 16.4 Å². The predicted octanol–water partition coefficient (Wildman–Crippen LogP) is 3.28. The second-order valence-electron chi connectivity index (χ2n) is 4.26. The zero-order valence-electron chi connectivity index (χ0n) is 11.1. The van der Waals surface area contributed by atoms with Crippen LogP contribution < -0.4 is 10.5 Å². The van der Waals surface area contributed by atoms with Gasteiger partial charge >= 0.3 is 5.76 Å². The van der Waals surface area contributed by atoms with Crippen LogP contribution >= 0.6 is 22.9 Å². The van der Waals surface area contributed by atoms with E-state index in [1.54, 1.807) is 25.3 Å². The summed E-state index contributed by atoms with van der Waals surface area (Å²) in [7, 11) is 1.56. The van der Waals surface area contributed by atoms with Crippen molar-refractivity contribution in [3.05, 3.63) is 56.8 Å². The van der Waals surface area contributed by atoms with Crippen LogP contribution in [-0.4, -0.2) is 16.9 Å². The third kappa shape index (κ3) is 2.86. The first-order valence-corrected chi connectivity index (χ1v) is 7.37. The summed E-state index contributed by atoms with van der Waals surface area (Å²) in [5, 5.41) is 6.67. The maximum atomic E-state index is 11.9. The molecule has 108 valence electrons. The fraction of sp³-hybridized carbons (Fsp3) is 0.143. The minimum Gasteiger partial charge on any atom is -0.496 e. The summed E-state index contributed by atoms with van der Waals surface area (Å²) >= 11 is 7.44. The van der Waals surface area contributed by atoms with Gasteiger partial charge in [0.2, 0.25) is 0 Å². The first-order valence-electron chi connectivity index (χ1n) is 6.11. The van der Waals surface area contributed by atoms with Crippen molar-refractivity contribution in [2.45, 2.75) is 6.54 Å². The van der Waals surface area contributed by atoms with Gasteiger partial charge in [-0.05, 0) is 29.6 Å². The second-order valence-corrected chi connectivity index (χ2v) is 5.65. The highest BCUT2D eigenvalue weighted by Gasteiger charge is 2.13. The van der Waals surface area contributed by atoms with E-state index in [-0.39, 0.29) is 6.54 Å². The van der Waals surface area contributed by atoms with E-state index in [2.05, 4.69) is 5.10 Å². The van der Waals surface area contributed by atoms with Gasteiger partial charge in [0.25, 0.3) is 5.89 Å². The van der Waals surface area contributed by atoms with E-state index in [1.807, 2.05) is 17.5 Å². The van der Waals surface area contributed by atoms with Crippen molar-refractivity contribution in [3.8, 4) is 16.5 Å². The molecule has 0 N–H and O–H groups in total. The van der Waals surface area contributed by atoms with Gasteiger partial charge in [-0.25, -0.2) is 4.79 Å². The molecule has 0 spiro atoms. The van der Waals surface area contributed by atoms with Crippen LogP contribution in [0.5, 0.6) is 5.75 Å². The average Bonchev–Trinajstić information content (AvgIpc) is 3.10. The molecular weight excluding hydrogens is 312 g/mol. The Morgan fingerprint density at radius 2 is 2.29 bits per heavy atom. The van der Waals surface area contributed by atoms with E-state index in [1.165, 1.54) is 16.0 Å². The van der Waals surface area contributed by atoms with E-state index in [4.69, 9.17) is 20.8 Å². The van der Waals surface area contributed by atoms with Gasteiger partial charge in [0.1, 0.15) is 5.75 Å². The molecule has 0 radical (unpaired) electrons. The van der Waals surface area contributed by atoms with Crippen LogP contribution in [0.4, 0.5) is 0 Å². The molecule has 0 aliphatic carbocycles. The third-order valence-electron chi connectivity index (χ3n) is 2.90. The molecule has 0 fully saturated rings. The van der Waals surface area contributed by atoms with Gasteiger partial charge in [0.15, 0.2) is 0 Å². The smallest absolute Gasteiger partial charge is 0.437 e. The molecule has 2 aromatic heterocycles. The van der Waals surface area contributed by atoms with E-state index < -0.39 is 5.76 Å². The van der Waals surface area contributed by atoms with Crippen molar-refractivity contribution in [3.63, 3.8) is 0 Å². The quantitative estimate of drug-likeness (QED) is 0.739. The monoisotopic (exact) mass is 322 g/mol. The van der Waals surface area contributed by atoms with Crippen molar-refractivity contribution in [1.82, 2.24) is 9.78 Å². The number of aromatic nitrogens is 2. The molecule has 0 saturated carbocycles. The lowest BCUT2D eigenvalue weighted by atomic mass is 10.2. The van der Waals surface area contributed by atoms with Crippen molar-refractivity contribution < 1.29 is 9.15 Å². The largest absolute Gasteiger partial charge is 0.496 e. The third-order valence-corrected chi connectivity index (χ3v) is 3.99. The Labute approximate surface area is 129 Å². The summed E-state index contributed by atoms with van der Waals surface area (Å²) in [5.41, 5.74) is 0.762. The van der Waals surface area contributed by atoms with Crippen LogP contribution in [0, 0.1) is 0 Å². The lowest BCUT2D eigenvalue weighted by molar-refractivity contribution is 0.405. The maximum Gasteiger partial charge on any atom is 0.437 e. The number of hydrogen-bond donors (Lipinski definition) is 0. The van der Waals surface area contributed by atoms with Crippen molar-refractivity contribution in [2.75, 3.05) is 7.11 Å². The van der Waals surface area contributed by atoms with E-state index in [0.29, 0.717) is 16.7 Å². The summed E-state index contributed by atoms with van der Waals surface area (Å²) in [4.78, 5) is 12.7. The first-order chi connectivity index (χ1) is 10.2. The van der Waals surface area contributed by atoms with Gasteiger partial charge in [-0.2, -0.15) is 4.68 Å². The molecule has 0 bridgehead atoms. The fourth-order valence-electron chi connectivity index (χ4n) is 1.94. The highest BCUT2D eigenvalue weighted by atomic mass is 35.5. The second kappa shape index (κ2) is 5.75. The minimum absolute atomic E-state index is 0.234. The van der Waals surface area contributed by atoms with E-state index >= 15 is 0 Å². The Hall–Kier alpha value is -2.05. The molecule has 7 heteroatoms. The number of thiophene rings is 1. The lowest BCUT2D eigenvalue weighted by Crippen LogP contribution is -2.17. The summed E-state index contributed by atoms with van der Waals surface area (Å²) in [6.07, 6.45) is 0. The molecule has 3 rings (SSSR count). The first kappa shape index (κ1) is 13.9. The number of benzene rings is 1. The number of halogens is 1. The van der Waals surface area contributed by atoms with Crippen LogP contribution in [0.2, 0.25) is 5.02 Å². The SMILES string of the molecule is COc1ccc(Cl)cc1Cn1nc(-c2cccs2)oc1=O. The van der Waals surface area contributed by atoms with Gasteiger partial charge in [-0.3, -0.25) is 0 Å². The van der Waals surface area contributed by atoms with Gasteiger partial charge < -0.3 is 9.15 Å². The molecule has 0 unspecified atom stereocenters. The Bertz CT molecular complexity index is 808. The Morgan fingerprint density at radius 1 is 1.43 bits per heavy atom. The maximum absolute atomic E-state index is 11.9. The molecule has 0 amide bonds. The minimum atomic E-state index is -0.513. The lowest BCUT2D eigenvalue weighted by Gasteiger charge is -2.07. The van der Waals surface area contributed by atoms with Gasteiger partial charge in [-0.1, -0.05) is 17.7 Å². The topological polar surface area (TPSA) is 57.3 Å². The Balaban J connectivity index is 1.96. The molecule has 21 heavy (non-hydrogen) atoms. The fourth-order valence-corrected chi connectivity index (χ4v) is 2.78. The summed E-state index contributed by atoms with van der Waals surface area (Å²) in [5.74, 6) is 0.448. The molecule has 2 heterocycles. The zero-order chi connectivity index (χ0) is 14.8. The molecule has 0 aliphatic heterocycles. The van der Waals surface area contributed by atoms with Gasteiger partial charge in [0, 0.05) is 10.6 Å². The molecule has 1 aromatic carbocycles. The molecule has 0 aliphatic rings. The van der Waals surface area contributed by atoms with Gasteiger partial charge in [0.05, 0.1) is 18.5 Å².